The second kappa shape index (κ2) is 13.1. The number of nitrogens with zero attached hydrogens (tertiary/aromatic N) is 1. The number of benzene rings is 2. The Bertz CT molecular complexity index is 1070. The summed E-state index contributed by atoms with van der Waals surface area (Å²) in [5, 5.41) is 9.42. The number of likely N-dealkylation sites (tertiary alicyclic amines) is 1. The van der Waals surface area contributed by atoms with Crippen LogP contribution in [0.4, 0.5) is 8.78 Å². The van der Waals surface area contributed by atoms with E-state index in [1.807, 2.05) is 18.2 Å². The van der Waals surface area contributed by atoms with Gasteiger partial charge in [0, 0.05) is 18.2 Å². The third kappa shape index (κ3) is 7.24. The van der Waals surface area contributed by atoms with Crippen LogP contribution in [-0.2, 0) is 11.4 Å². The summed E-state index contributed by atoms with van der Waals surface area (Å²) in [6.07, 6.45) is 2.31. The first-order chi connectivity index (χ1) is 16.9. The van der Waals surface area contributed by atoms with Crippen molar-refractivity contribution in [3.05, 3.63) is 58.1 Å². The maximum Gasteiger partial charge on any atom is 0.306 e. The van der Waals surface area contributed by atoms with Gasteiger partial charge in [-0.2, -0.15) is 0 Å². The highest BCUT2D eigenvalue weighted by Gasteiger charge is 2.25. The van der Waals surface area contributed by atoms with Gasteiger partial charge in [-0.05, 0) is 67.4 Å². The van der Waals surface area contributed by atoms with Gasteiger partial charge in [-0.3, -0.25) is 9.69 Å². The van der Waals surface area contributed by atoms with Crippen LogP contribution in [-0.4, -0.2) is 61.7 Å². The number of carbonyl (C=O) groups is 1. The summed E-state index contributed by atoms with van der Waals surface area (Å²) >= 11 is 6.19. The summed E-state index contributed by atoms with van der Waals surface area (Å²) in [7, 11) is 0. The van der Waals surface area contributed by atoms with Crippen LogP contribution in [0.1, 0.15) is 24.0 Å². The lowest BCUT2D eigenvalue weighted by molar-refractivity contribution is -0.143. The Hall–Kier alpha value is -2.55. The molecule has 0 saturated carbocycles. The third-order valence-corrected chi connectivity index (χ3v) is 6.46. The number of ether oxygens (including phenoxy) is 3. The second-order valence-corrected chi connectivity index (χ2v) is 9.19. The third-order valence-electron chi connectivity index (χ3n) is 6.16. The Kier molecular flexibility index (Phi) is 10.2. The van der Waals surface area contributed by atoms with Crippen molar-refractivity contribution in [2.45, 2.75) is 25.6 Å². The van der Waals surface area contributed by atoms with E-state index < -0.39 is 25.4 Å². The fraction of sp³-hybridized carbons (Fsp3) is 0.423. The zero-order chi connectivity index (χ0) is 24.8. The Morgan fingerprint density at radius 2 is 1.92 bits per heavy atom. The average molecular weight is 544 g/mol. The molecule has 0 bridgehead atoms. The van der Waals surface area contributed by atoms with Crippen molar-refractivity contribution in [1.29, 1.82) is 0 Å². The number of hydrogen-bond donors (Lipinski definition) is 1. The summed E-state index contributed by atoms with van der Waals surface area (Å²) in [6, 6.07) is 10.6. The van der Waals surface area contributed by atoms with E-state index in [0.29, 0.717) is 25.2 Å². The highest BCUT2D eigenvalue weighted by atomic mass is 35.5. The molecule has 1 N–H and O–H groups in total. The van der Waals surface area contributed by atoms with Gasteiger partial charge in [-0.15, -0.1) is 12.4 Å². The first-order valence-electron chi connectivity index (χ1n) is 11.6. The average Bonchev–Trinajstić information content (AvgIpc) is 2.87. The molecule has 2 heterocycles. The largest absolute Gasteiger partial charge is 0.489 e. The quantitative estimate of drug-likeness (QED) is 0.420. The molecule has 1 fully saturated rings. The van der Waals surface area contributed by atoms with E-state index in [4.69, 9.17) is 30.9 Å². The predicted octanol–water partition coefficient (Wildman–Crippen LogP) is 5.60. The van der Waals surface area contributed by atoms with Crippen molar-refractivity contribution < 1.29 is 32.9 Å². The van der Waals surface area contributed by atoms with Crippen LogP contribution >= 0.6 is 24.0 Å². The molecule has 10 heteroatoms. The first kappa shape index (κ1) is 28.0. The number of rotatable bonds is 10. The van der Waals surface area contributed by atoms with Crippen LogP contribution in [0.15, 0.2) is 42.0 Å². The zero-order valence-corrected chi connectivity index (χ0v) is 21.2. The molecular weight excluding hydrogens is 515 g/mol. The topological polar surface area (TPSA) is 68.2 Å². The van der Waals surface area contributed by atoms with Crippen molar-refractivity contribution in [2.75, 3.05) is 39.6 Å². The van der Waals surface area contributed by atoms with Gasteiger partial charge < -0.3 is 19.3 Å². The molecule has 36 heavy (non-hydrogen) atoms. The maximum absolute atomic E-state index is 12.7. The van der Waals surface area contributed by atoms with Gasteiger partial charge in [0.1, 0.15) is 43.8 Å². The predicted molar refractivity (Wildman–Crippen MR) is 136 cm³/mol. The number of halogens is 4. The molecule has 0 atom stereocenters. The minimum Gasteiger partial charge on any atom is -0.489 e. The first-order valence-corrected chi connectivity index (χ1v) is 11.9. The van der Waals surface area contributed by atoms with E-state index in [9.17, 15) is 13.6 Å². The van der Waals surface area contributed by atoms with E-state index in [0.717, 1.165) is 42.1 Å². The lowest BCUT2D eigenvalue weighted by Crippen LogP contribution is -2.38. The van der Waals surface area contributed by atoms with Crippen molar-refractivity contribution in [1.82, 2.24) is 4.90 Å². The highest BCUT2D eigenvalue weighted by Crippen LogP contribution is 2.32. The molecule has 0 spiro atoms. The minimum atomic E-state index is -1.16. The molecule has 2 aromatic carbocycles. The molecule has 0 amide bonds. The molecule has 2 aromatic rings. The standard InChI is InChI=1S/C26H28ClF2NO5.ClH/c27-23-10-17(1-4-24(23)35-22(12-28)13-29)15-33-21-3-2-20-9-18(16-34-25(20)11-21)14-30-7-5-19(6-8-30)26(31)32;/h1-4,9-11,19,22H,5-8,12-16H2,(H,31,32);1H. The van der Waals surface area contributed by atoms with Crippen LogP contribution in [0.5, 0.6) is 17.2 Å². The molecule has 2 aliphatic rings. The minimum absolute atomic E-state index is 0. The molecule has 196 valence electrons. The van der Waals surface area contributed by atoms with Crippen molar-refractivity contribution in [3.63, 3.8) is 0 Å². The number of carboxylic acid groups (broad SMARTS) is 1. The van der Waals surface area contributed by atoms with E-state index in [-0.39, 0.29) is 35.7 Å². The summed E-state index contributed by atoms with van der Waals surface area (Å²) in [5.74, 6) is 0.668. The Morgan fingerprint density at radius 1 is 1.17 bits per heavy atom. The smallest absolute Gasteiger partial charge is 0.306 e. The van der Waals surface area contributed by atoms with Crippen LogP contribution in [0.2, 0.25) is 5.02 Å². The lowest BCUT2D eigenvalue weighted by Gasteiger charge is -2.31. The maximum atomic E-state index is 12.7. The fourth-order valence-corrected chi connectivity index (χ4v) is 4.43. The van der Waals surface area contributed by atoms with E-state index in [2.05, 4.69) is 11.0 Å². The number of alkyl halides is 2. The number of aliphatic carboxylic acids is 1. The number of piperidine rings is 1. The van der Waals surface area contributed by atoms with Crippen LogP contribution < -0.4 is 14.2 Å². The second-order valence-electron chi connectivity index (χ2n) is 8.78. The van der Waals surface area contributed by atoms with E-state index >= 15 is 0 Å². The van der Waals surface area contributed by atoms with Gasteiger partial charge >= 0.3 is 5.97 Å². The molecule has 0 aliphatic carbocycles. The fourth-order valence-electron chi connectivity index (χ4n) is 4.18. The van der Waals surface area contributed by atoms with Crippen LogP contribution in [0.3, 0.4) is 0 Å². The number of carboxylic acids is 1. The molecular formula is C26H29Cl2F2NO5. The van der Waals surface area contributed by atoms with E-state index in [1.165, 1.54) is 0 Å². The molecule has 2 aliphatic heterocycles. The Labute approximate surface area is 220 Å². The molecule has 1 saturated heterocycles. The number of fused-ring (bicyclic) bond motifs is 1. The highest BCUT2D eigenvalue weighted by molar-refractivity contribution is 6.32. The van der Waals surface area contributed by atoms with Gasteiger partial charge in [0.25, 0.3) is 0 Å². The molecule has 0 aromatic heterocycles. The Balaban J connectivity index is 0.00000361. The summed E-state index contributed by atoms with van der Waals surface area (Å²) < 4.78 is 42.4. The summed E-state index contributed by atoms with van der Waals surface area (Å²) in [5.41, 5.74) is 2.91. The van der Waals surface area contributed by atoms with Crippen molar-refractivity contribution in [3.8, 4) is 17.2 Å². The van der Waals surface area contributed by atoms with Gasteiger partial charge in [0.05, 0.1) is 10.9 Å². The van der Waals surface area contributed by atoms with Crippen molar-refractivity contribution in [2.24, 2.45) is 5.92 Å². The summed E-state index contributed by atoms with van der Waals surface area (Å²) in [6.45, 7) is 1.18. The molecule has 6 nitrogen and oxygen atoms in total. The van der Waals surface area contributed by atoms with Crippen LogP contribution in [0.25, 0.3) is 6.08 Å². The SMILES string of the molecule is Cl.O=C(O)C1CCN(CC2=Cc3ccc(OCc4ccc(OC(CF)CF)c(Cl)c4)cc3OC2)CC1. The van der Waals surface area contributed by atoms with Gasteiger partial charge in [0.15, 0.2) is 6.10 Å². The molecule has 0 radical (unpaired) electrons. The summed E-state index contributed by atoms with van der Waals surface area (Å²) in [4.78, 5) is 13.4. The number of hydrogen-bond acceptors (Lipinski definition) is 5. The van der Waals surface area contributed by atoms with Crippen LogP contribution in [0, 0.1) is 5.92 Å². The van der Waals surface area contributed by atoms with Crippen molar-refractivity contribution >= 4 is 36.1 Å². The van der Waals surface area contributed by atoms with Gasteiger partial charge in [-0.1, -0.05) is 17.7 Å². The normalized spacial score (nSPS) is 15.9. The van der Waals surface area contributed by atoms with E-state index in [1.54, 1.807) is 18.2 Å². The molecule has 4 rings (SSSR count). The lowest BCUT2D eigenvalue weighted by atomic mass is 9.96. The Morgan fingerprint density at radius 3 is 2.58 bits per heavy atom. The van der Waals surface area contributed by atoms with Gasteiger partial charge in [-0.25, -0.2) is 8.78 Å². The van der Waals surface area contributed by atoms with Gasteiger partial charge in [0.2, 0.25) is 0 Å². The molecule has 0 unspecified atom stereocenters. The zero-order valence-electron chi connectivity index (χ0n) is 19.6. The monoisotopic (exact) mass is 543 g/mol.